The minimum Gasteiger partial charge on any atom is -0.503 e. The quantitative estimate of drug-likeness (QED) is 0.426. The highest BCUT2D eigenvalue weighted by Crippen LogP contribution is 2.41. The fourth-order valence-electron chi connectivity index (χ4n) is 4.30. The molecule has 1 amide bonds. The fraction of sp³-hybridized carbons (Fsp3) is 0.333. The van der Waals surface area contributed by atoms with E-state index < -0.39 is 23.5 Å². The topological polar surface area (TPSA) is 89.2 Å². The number of aliphatic hydroxyl groups excluding tert-OH is 1. The number of hydrogen-bond donors (Lipinski definition) is 1. The van der Waals surface area contributed by atoms with Crippen molar-refractivity contribution in [1.29, 1.82) is 0 Å². The lowest BCUT2D eigenvalue weighted by molar-refractivity contribution is -0.130. The number of furan rings is 1. The van der Waals surface area contributed by atoms with E-state index in [0.29, 0.717) is 27.3 Å². The molecule has 35 heavy (non-hydrogen) atoms. The number of ketones is 1. The van der Waals surface area contributed by atoms with Crippen molar-refractivity contribution in [3.8, 4) is 5.75 Å². The van der Waals surface area contributed by atoms with Crippen LogP contribution in [-0.4, -0.2) is 49.1 Å². The Balaban J connectivity index is 1.81. The first kappa shape index (κ1) is 24.8. The van der Waals surface area contributed by atoms with Gasteiger partial charge in [0.25, 0.3) is 5.91 Å². The molecule has 2 aromatic carbocycles. The molecule has 0 fully saturated rings. The largest absolute Gasteiger partial charge is 0.503 e. The Morgan fingerprint density at radius 2 is 1.83 bits per heavy atom. The van der Waals surface area contributed by atoms with E-state index in [4.69, 9.17) is 25.5 Å². The van der Waals surface area contributed by atoms with Gasteiger partial charge < -0.3 is 23.9 Å². The number of methoxy groups -OCH3 is 2. The minimum absolute atomic E-state index is 0.0279. The molecule has 1 aliphatic heterocycles. The molecule has 4 rings (SSSR count). The molecule has 0 saturated heterocycles. The Morgan fingerprint density at radius 1 is 1.14 bits per heavy atom. The van der Waals surface area contributed by atoms with Crippen LogP contribution in [0.3, 0.4) is 0 Å². The normalized spacial score (nSPS) is 16.5. The van der Waals surface area contributed by atoms with Crippen molar-refractivity contribution in [3.63, 3.8) is 0 Å². The lowest BCUT2D eigenvalue weighted by atomic mass is 9.85. The highest BCUT2D eigenvalue weighted by Gasteiger charge is 2.44. The molecule has 0 spiro atoms. The van der Waals surface area contributed by atoms with Crippen molar-refractivity contribution in [3.05, 3.63) is 75.7 Å². The van der Waals surface area contributed by atoms with Crippen molar-refractivity contribution in [1.82, 2.24) is 4.90 Å². The van der Waals surface area contributed by atoms with Gasteiger partial charge in [-0.2, -0.15) is 0 Å². The zero-order valence-corrected chi connectivity index (χ0v) is 21.1. The molecule has 1 atom stereocenters. The standard InChI is InChI=1S/C27H28ClNO6/c1-27(2,3)17-8-6-15(7-9-17)22-21(24(31)26(32)29(22)10-11-33-4)23(30)19-13-16-12-18(28)14-20(34-5)25(16)35-19/h6-9,12-14,22,31H,10-11H2,1-5H3. The molecule has 0 aliphatic carbocycles. The number of halogens is 1. The van der Waals surface area contributed by atoms with Crippen LogP contribution in [0.1, 0.15) is 48.5 Å². The van der Waals surface area contributed by atoms with Gasteiger partial charge >= 0.3 is 0 Å². The molecule has 0 radical (unpaired) electrons. The monoisotopic (exact) mass is 497 g/mol. The summed E-state index contributed by atoms with van der Waals surface area (Å²) in [4.78, 5) is 28.2. The number of amides is 1. The summed E-state index contributed by atoms with van der Waals surface area (Å²) in [5.74, 6) is -1.47. The Hall–Kier alpha value is -3.29. The SMILES string of the molecule is COCCN1C(=O)C(O)=C(C(=O)c2cc3cc(Cl)cc(OC)c3o2)C1c1ccc(C(C)(C)C)cc1. The van der Waals surface area contributed by atoms with Crippen molar-refractivity contribution < 1.29 is 28.6 Å². The van der Waals surface area contributed by atoms with E-state index in [1.165, 1.54) is 25.2 Å². The van der Waals surface area contributed by atoms with E-state index in [1.54, 1.807) is 12.1 Å². The molecule has 1 N–H and O–H groups in total. The highest BCUT2D eigenvalue weighted by molar-refractivity contribution is 6.31. The van der Waals surface area contributed by atoms with Crippen LogP contribution < -0.4 is 4.74 Å². The second-order valence-electron chi connectivity index (χ2n) is 9.49. The first-order valence-electron chi connectivity index (χ1n) is 11.2. The van der Waals surface area contributed by atoms with Gasteiger partial charge in [0.05, 0.1) is 25.3 Å². The van der Waals surface area contributed by atoms with Crippen LogP contribution in [0.5, 0.6) is 5.75 Å². The number of Topliss-reactive ketones (excluding diaryl/α,β-unsaturated/α-hetero) is 1. The molecule has 1 aromatic heterocycles. The molecule has 1 aliphatic rings. The second-order valence-corrected chi connectivity index (χ2v) is 9.93. The van der Waals surface area contributed by atoms with Gasteiger partial charge in [-0.05, 0) is 28.7 Å². The van der Waals surface area contributed by atoms with Gasteiger partial charge in [-0.25, -0.2) is 0 Å². The van der Waals surface area contributed by atoms with Crippen LogP contribution in [-0.2, 0) is 14.9 Å². The maximum atomic E-state index is 13.7. The number of benzene rings is 2. The van der Waals surface area contributed by atoms with Gasteiger partial charge in [-0.15, -0.1) is 0 Å². The number of carbonyl (C=O) groups is 2. The first-order valence-corrected chi connectivity index (χ1v) is 11.6. The second kappa shape index (κ2) is 9.40. The molecule has 7 nitrogen and oxygen atoms in total. The summed E-state index contributed by atoms with van der Waals surface area (Å²) >= 11 is 6.16. The van der Waals surface area contributed by atoms with Crippen LogP contribution in [0.25, 0.3) is 11.0 Å². The van der Waals surface area contributed by atoms with Crippen molar-refractivity contribution >= 4 is 34.3 Å². The van der Waals surface area contributed by atoms with E-state index in [1.807, 2.05) is 24.3 Å². The van der Waals surface area contributed by atoms with Gasteiger partial charge in [0, 0.05) is 30.1 Å². The molecule has 8 heteroatoms. The van der Waals surface area contributed by atoms with Gasteiger partial charge in [0.2, 0.25) is 5.78 Å². The summed E-state index contributed by atoms with van der Waals surface area (Å²) in [7, 11) is 3.00. The van der Waals surface area contributed by atoms with Gasteiger partial charge in [-0.3, -0.25) is 9.59 Å². The van der Waals surface area contributed by atoms with E-state index in [-0.39, 0.29) is 29.9 Å². The van der Waals surface area contributed by atoms with Crippen LogP contribution >= 0.6 is 11.6 Å². The van der Waals surface area contributed by atoms with Crippen LogP contribution in [0.2, 0.25) is 5.02 Å². The maximum Gasteiger partial charge on any atom is 0.290 e. The zero-order chi connectivity index (χ0) is 25.5. The molecular formula is C27H28ClNO6. The lowest BCUT2D eigenvalue weighted by Gasteiger charge is -2.27. The minimum atomic E-state index is -0.794. The Bertz CT molecular complexity index is 1320. The van der Waals surface area contributed by atoms with Crippen LogP contribution in [0.4, 0.5) is 0 Å². The Morgan fingerprint density at radius 3 is 2.43 bits per heavy atom. The number of fused-ring (bicyclic) bond motifs is 1. The molecule has 1 unspecified atom stereocenters. The molecule has 184 valence electrons. The smallest absolute Gasteiger partial charge is 0.290 e. The lowest BCUT2D eigenvalue weighted by Crippen LogP contribution is -2.34. The molecule has 3 aromatic rings. The molecule has 0 saturated carbocycles. The zero-order valence-electron chi connectivity index (χ0n) is 20.3. The average molecular weight is 498 g/mol. The fourth-order valence-corrected chi connectivity index (χ4v) is 4.52. The van der Waals surface area contributed by atoms with E-state index in [9.17, 15) is 14.7 Å². The van der Waals surface area contributed by atoms with Gasteiger partial charge in [-0.1, -0.05) is 56.6 Å². The van der Waals surface area contributed by atoms with Gasteiger partial charge in [0.15, 0.2) is 22.9 Å². The van der Waals surface area contributed by atoms with E-state index in [2.05, 4.69) is 20.8 Å². The molecule has 2 heterocycles. The predicted molar refractivity (Wildman–Crippen MR) is 133 cm³/mol. The molecule has 0 bridgehead atoms. The van der Waals surface area contributed by atoms with Gasteiger partial charge in [0.1, 0.15) is 0 Å². The summed E-state index contributed by atoms with van der Waals surface area (Å²) in [5, 5.41) is 11.8. The summed E-state index contributed by atoms with van der Waals surface area (Å²) in [6.45, 7) is 6.77. The summed E-state index contributed by atoms with van der Waals surface area (Å²) in [6, 6.07) is 11.7. The number of nitrogens with zero attached hydrogens (tertiary/aromatic N) is 1. The highest BCUT2D eigenvalue weighted by atomic mass is 35.5. The number of ether oxygens (including phenoxy) is 2. The first-order chi connectivity index (χ1) is 16.6. The summed E-state index contributed by atoms with van der Waals surface area (Å²) < 4.78 is 16.3. The maximum absolute atomic E-state index is 13.7. The third kappa shape index (κ3) is 4.54. The van der Waals surface area contributed by atoms with E-state index >= 15 is 0 Å². The van der Waals surface area contributed by atoms with Crippen molar-refractivity contribution in [2.75, 3.05) is 27.4 Å². The van der Waals surface area contributed by atoms with Crippen LogP contribution in [0, 0.1) is 0 Å². The van der Waals surface area contributed by atoms with Crippen molar-refractivity contribution in [2.45, 2.75) is 32.2 Å². The third-order valence-corrected chi connectivity index (χ3v) is 6.39. The summed E-state index contributed by atoms with van der Waals surface area (Å²) in [6.07, 6.45) is 0. The number of aliphatic hydroxyl groups is 1. The Labute approximate surface area is 208 Å². The van der Waals surface area contributed by atoms with E-state index in [0.717, 1.165) is 5.56 Å². The number of carbonyl (C=O) groups excluding carboxylic acids is 2. The third-order valence-electron chi connectivity index (χ3n) is 6.17. The average Bonchev–Trinajstić information content (AvgIpc) is 3.35. The Kier molecular flexibility index (Phi) is 6.66. The van der Waals surface area contributed by atoms with Crippen molar-refractivity contribution in [2.24, 2.45) is 0 Å². The predicted octanol–water partition coefficient (Wildman–Crippen LogP) is 5.62. The van der Waals surface area contributed by atoms with Crippen LogP contribution in [0.15, 0.2) is 58.2 Å². The number of rotatable bonds is 7. The molecular weight excluding hydrogens is 470 g/mol. The number of hydrogen-bond acceptors (Lipinski definition) is 6. The summed E-state index contributed by atoms with van der Waals surface area (Å²) in [5.41, 5.74) is 2.05.